The van der Waals surface area contributed by atoms with Crippen LogP contribution in [0.2, 0.25) is 0 Å². The highest BCUT2D eigenvalue weighted by molar-refractivity contribution is 7.10. The molecular formula is C27H37N3O4S. The number of piperidine rings is 1. The topological polar surface area (TPSA) is 71.1 Å². The molecule has 1 saturated heterocycles. The zero-order valence-electron chi connectivity index (χ0n) is 21.2. The van der Waals surface area contributed by atoms with E-state index in [0.29, 0.717) is 35.2 Å². The predicted molar refractivity (Wildman–Crippen MR) is 139 cm³/mol. The van der Waals surface area contributed by atoms with E-state index >= 15 is 0 Å². The number of thiophene rings is 1. The van der Waals surface area contributed by atoms with Gasteiger partial charge in [0.25, 0.3) is 5.91 Å². The third-order valence-electron chi connectivity index (χ3n) is 7.43. The number of amides is 2. The van der Waals surface area contributed by atoms with Gasteiger partial charge in [0.1, 0.15) is 0 Å². The molecule has 0 spiro atoms. The molecule has 0 unspecified atom stereocenters. The van der Waals surface area contributed by atoms with Crippen LogP contribution in [-0.4, -0.2) is 68.6 Å². The van der Waals surface area contributed by atoms with Gasteiger partial charge in [-0.1, -0.05) is 19.4 Å². The third kappa shape index (κ3) is 5.19. The molecule has 1 aromatic carbocycles. The number of hydrogen-bond acceptors (Lipinski definition) is 6. The lowest BCUT2D eigenvalue weighted by molar-refractivity contribution is -0.124. The average Bonchev–Trinajstić information content (AvgIpc) is 3.42. The lowest BCUT2D eigenvalue weighted by Crippen LogP contribution is -2.46. The molecule has 1 fully saturated rings. The van der Waals surface area contributed by atoms with Gasteiger partial charge in [0, 0.05) is 36.6 Å². The minimum atomic E-state index is -0.537. The van der Waals surface area contributed by atoms with E-state index in [1.165, 1.54) is 25.7 Å². The zero-order chi connectivity index (χ0) is 24.9. The molecule has 2 aliphatic rings. The molecule has 4 rings (SSSR count). The van der Waals surface area contributed by atoms with Gasteiger partial charge in [0.15, 0.2) is 11.5 Å². The number of hydrogen-bond donors (Lipinski definition) is 1. The number of ether oxygens (including phenoxy) is 2. The van der Waals surface area contributed by atoms with Crippen molar-refractivity contribution in [2.24, 2.45) is 0 Å². The van der Waals surface area contributed by atoms with Crippen LogP contribution in [0.5, 0.6) is 11.5 Å². The van der Waals surface area contributed by atoms with Crippen LogP contribution in [0, 0.1) is 0 Å². The number of carbonyl (C=O) groups is 2. The standard InChI is InChI=1S/C27H37N3O4S/c1-5-18-10-6-7-13-30(18)14-9-12-28-26(31)24-19-16-21(33-3)22(34-4)17-20(19)27(32)29(2)25(24)23-11-8-15-35-23/h8,11,15-18,24-25H,5-7,9-10,12-14H2,1-4H3,(H,28,31)/t18-,24+,25-/m1/s1. The number of methoxy groups -OCH3 is 2. The van der Waals surface area contributed by atoms with Gasteiger partial charge in [-0.25, -0.2) is 0 Å². The van der Waals surface area contributed by atoms with Crippen LogP contribution in [0.25, 0.3) is 0 Å². The van der Waals surface area contributed by atoms with Crippen LogP contribution in [0.4, 0.5) is 0 Å². The summed E-state index contributed by atoms with van der Waals surface area (Å²) in [6.07, 6.45) is 5.94. The Hall–Kier alpha value is -2.58. The molecule has 1 aromatic heterocycles. The molecule has 3 atom stereocenters. The molecule has 0 aliphatic carbocycles. The van der Waals surface area contributed by atoms with Gasteiger partial charge in [-0.05, 0) is 61.4 Å². The fraction of sp³-hybridized carbons (Fsp3) is 0.556. The fourth-order valence-corrected chi connectivity index (χ4v) is 6.47. The van der Waals surface area contributed by atoms with Crippen molar-refractivity contribution in [2.45, 2.75) is 57.0 Å². The van der Waals surface area contributed by atoms with Crippen LogP contribution in [-0.2, 0) is 4.79 Å². The van der Waals surface area contributed by atoms with Crippen molar-refractivity contribution >= 4 is 23.2 Å². The number of benzene rings is 1. The summed E-state index contributed by atoms with van der Waals surface area (Å²) in [5, 5.41) is 5.17. The number of likely N-dealkylation sites (tertiary alicyclic amines) is 1. The number of nitrogens with zero attached hydrogens (tertiary/aromatic N) is 2. The van der Waals surface area contributed by atoms with Crippen LogP contribution in [0.3, 0.4) is 0 Å². The summed E-state index contributed by atoms with van der Waals surface area (Å²) in [5.74, 6) is 0.265. The summed E-state index contributed by atoms with van der Waals surface area (Å²) in [5.41, 5.74) is 1.17. The van der Waals surface area contributed by atoms with Crippen LogP contribution in [0.1, 0.15) is 71.8 Å². The summed E-state index contributed by atoms with van der Waals surface area (Å²) in [7, 11) is 4.89. The van der Waals surface area contributed by atoms with E-state index in [0.717, 1.165) is 24.4 Å². The second kappa shape index (κ2) is 11.4. The molecule has 0 saturated carbocycles. The maximum atomic E-state index is 13.7. The molecular weight excluding hydrogens is 462 g/mol. The fourth-order valence-electron chi connectivity index (χ4n) is 5.57. The maximum Gasteiger partial charge on any atom is 0.254 e. The highest BCUT2D eigenvalue weighted by Crippen LogP contribution is 2.46. The number of nitrogens with one attached hydrogen (secondary N) is 1. The van der Waals surface area contributed by atoms with Crippen molar-refractivity contribution in [3.8, 4) is 11.5 Å². The smallest absolute Gasteiger partial charge is 0.254 e. The quantitative estimate of drug-likeness (QED) is 0.517. The minimum absolute atomic E-state index is 0.0677. The molecule has 0 radical (unpaired) electrons. The Morgan fingerprint density at radius 3 is 2.66 bits per heavy atom. The first-order valence-corrected chi connectivity index (χ1v) is 13.5. The van der Waals surface area contributed by atoms with Crippen LogP contribution < -0.4 is 14.8 Å². The van der Waals surface area contributed by atoms with Gasteiger partial charge >= 0.3 is 0 Å². The number of rotatable bonds is 9. The second-order valence-corrected chi connectivity index (χ2v) is 10.4. The summed E-state index contributed by atoms with van der Waals surface area (Å²) in [4.78, 5) is 32.3. The Morgan fingerprint density at radius 2 is 1.97 bits per heavy atom. The molecule has 7 nitrogen and oxygen atoms in total. The van der Waals surface area contributed by atoms with Crippen molar-refractivity contribution in [1.29, 1.82) is 0 Å². The Morgan fingerprint density at radius 1 is 1.20 bits per heavy atom. The molecule has 35 heavy (non-hydrogen) atoms. The lowest BCUT2D eigenvalue weighted by atomic mass is 9.81. The van der Waals surface area contributed by atoms with Crippen molar-refractivity contribution < 1.29 is 19.1 Å². The first kappa shape index (κ1) is 25.5. The van der Waals surface area contributed by atoms with E-state index in [-0.39, 0.29) is 17.9 Å². The summed E-state index contributed by atoms with van der Waals surface area (Å²) in [6.45, 7) is 5.02. The number of likely N-dealkylation sites (N-methyl/N-ethyl adjacent to an activating group) is 1. The third-order valence-corrected chi connectivity index (χ3v) is 8.38. The van der Waals surface area contributed by atoms with Crippen molar-refractivity contribution in [2.75, 3.05) is 40.9 Å². The lowest BCUT2D eigenvalue weighted by Gasteiger charge is -2.39. The minimum Gasteiger partial charge on any atom is -0.493 e. The number of carbonyl (C=O) groups excluding carboxylic acids is 2. The molecule has 2 aliphatic heterocycles. The maximum absolute atomic E-state index is 13.7. The van der Waals surface area contributed by atoms with Crippen LogP contribution >= 0.6 is 11.3 Å². The molecule has 3 heterocycles. The van der Waals surface area contributed by atoms with Gasteiger partial charge in [-0.2, -0.15) is 0 Å². The normalized spacial score (nSPS) is 22.6. The van der Waals surface area contributed by atoms with E-state index in [1.807, 2.05) is 17.5 Å². The first-order chi connectivity index (χ1) is 17.0. The Bertz CT molecular complexity index is 1030. The van der Waals surface area contributed by atoms with Gasteiger partial charge in [0.05, 0.1) is 26.2 Å². The Labute approximate surface area is 212 Å². The Balaban J connectivity index is 1.57. The zero-order valence-corrected chi connectivity index (χ0v) is 22.0. The Kier molecular flexibility index (Phi) is 8.34. The molecule has 1 N–H and O–H groups in total. The number of fused-ring (bicyclic) bond motifs is 1. The van der Waals surface area contributed by atoms with Crippen LogP contribution in [0.15, 0.2) is 29.6 Å². The molecule has 190 valence electrons. The molecule has 8 heteroatoms. The monoisotopic (exact) mass is 499 g/mol. The predicted octanol–water partition coefficient (Wildman–Crippen LogP) is 4.45. The highest BCUT2D eigenvalue weighted by atomic mass is 32.1. The van der Waals surface area contributed by atoms with E-state index < -0.39 is 5.92 Å². The highest BCUT2D eigenvalue weighted by Gasteiger charge is 2.44. The average molecular weight is 500 g/mol. The van der Waals surface area contributed by atoms with Gasteiger partial charge in [0.2, 0.25) is 5.91 Å². The van der Waals surface area contributed by atoms with Gasteiger partial charge in [-0.15, -0.1) is 11.3 Å². The van der Waals surface area contributed by atoms with E-state index in [1.54, 1.807) is 49.6 Å². The molecule has 2 aromatic rings. The van der Waals surface area contributed by atoms with Gasteiger partial charge < -0.3 is 24.6 Å². The first-order valence-electron chi connectivity index (χ1n) is 12.6. The van der Waals surface area contributed by atoms with E-state index in [4.69, 9.17) is 9.47 Å². The second-order valence-electron chi connectivity index (χ2n) is 9.39. The largest absolute Gasteiger partial charge is 0.493 e. The van der Waals surface area contributed by atoms with Crippen molar-refractivity contribution in [3.63, 3.8) is 0 Å². The van der Waals surface area contributed by atoms with E-state index in [9.17, 15) is 9.59 Å². The van der Waals surface area contributed by atoms with Crippen molar-refractivity contribution in [3.05, 3.63) is 45.6 Å². The summed E-state index contributed by atoms with van der Waals surface area (Å²) < 4.78 is 11.0. The molecule has 0 bridgehead atoms. The van der Waals surface area contributed by atoms with E-state index in [2.05, 4.69) is 17.1 Å². The van der Waals surface area contributed by atoms with Gasteiger partial charge in [-0.3, -0.25) is 9.59 Å². The summed E-state index contributed by atoms with van der Waals surface area (Å²) >= 11 is 1.56. The van der Waals surface area contributed by atoms with Crippen molar-refractivity contribution in [1.82, 2.24) is 15.1 Å². The summed E-state index contributed by atoms with van der Waals surface area (Å²) in [6, 6.07) is 7.73. The molecule has 2 amide bonds. The SMILES string of the molecule is CC[C@@H]1CCCCN1CCCNC(=O)[C@H]1c2cc(OC)c(OC)cc2C(=O)N(C)[C@@H]1c1cccs1.